The lowest BCUT2D eigenvalue weighted by molar-refractivity contribution is -0.384. The lowest BCUT2D eigenvalue weighted by atomic mass is 9.86. The quantitative estimate of drug-likeness (QED) is 0.363. The van der Waals surface area contributed by atoms with E-state index in [-0.39, 0.29) is 11.3 Å². The molecule has 19 heavy (non-hydrogen) atoms. The van der Waals surface area contributed by atoms with Crippen LogP contribution in [0.4, 0.5) is 10.1 Å². The van der Waals surface area contributed by atoms with Crippen LogP contribution in [-0.4, -0.2) is 22.7 Å². The molecule has 1 rings (SSSR count). The van der Waals surface area contributed by atoms with Crippen LogP contribution in [-0.2, 0) is 4.79 Å². The van der Waals surface area contributed by atoms with Crippen molar-refractivity contribution in [1.29, 1.82) is 0 Å². The molecule has 0 saturated carbocycles. The zero-order valence-electron chi connectivity index (χ0n) is 10.8. The number of non-ortho nitro benzene ring substituents is 1. The van der Waals surface area contributed by atoms with Gasteiger partial charge in [0.05, 0.1) is 4.92 Å². The Hall–Kier alpha value is -2.11. The van der Waals surface area contributed by atoms with Gasteiger partial charge in [0.25, 0.3) is 5.69 Å². The van der Waals surface area contributed by atoms with Gasteiger partial charge in [-0.15, -0.1) is 0 Å². The van der Waals surface area contributed by atoms with Gasteiger partial charge in [-0.25, -0.2) is 4.39 Å². The third-order valence-electron chi connectivity index (χ3n) is 2.56. The van der Waals surface area contributed by atoms with Crippen LogP contribution < -0.4 is 0 Å². The fraction of sp³-hybridized carbons (Fsp3) is 0.385. The summed E-state index contributed by atoms with van der Waals surface area (Å²) in [5, 5.41) is 10.4. The second-order valence-corrected chi connectivity index (χ2v) is 5.15. The van der Waals surface area contributed by atoms with Crippen LogP contribution in [0, 0.1) is 15.5 Å². The Morgan fingerprint density at radius 3 is 2.05 bits per heavy atom. The van der Waals surface area contributed by atoms with Gasteiger partial charge in [0, 0.05) is 23.1 Å². The molecule has 0 spiro atoms. The lowest BCUT2D eigenvalue weighted by Gasteiger charge is -2.18. The molecule has 0 N–H and O–H groups in total. The monoisotopic (exact) mass is 267 g/mol. The van der Waals surface area contributed by atoms with Crippen molar-refractivity contribution in [2.75, 3.05) is 0 Å². The van der Waals surface area contributed by atoms with Crippen LogP contribution >= 0.6 is 0 Å². The largest absolute Gasteiger partial charge is 0.295 e. The van der Waals surface area contributed by atoms with Gasteiger partial charge in [0.2, 0.25) is 12.0 Å². The molecule has 0 aliphatic rings. The van der Waals surface area contributed by atoms with Gasteiger partial charge in [0.1, 0.15) is 0 Å². The van der Waals surface area contributed by atoms with E-state index < -0.39 is 28.1 Å². The van der Waals surface area contributed by atoms with E-state index in [4.69, 9.17) is 0 Å². The number of rotatable bonds is 4. The lowest BCUT2D eigenvalue weighted by Crippen LogP contribution is -2.35. The standard InChI is InChI=1S/C13H14FNO4/c1-13(2,3)12(17)10(14)11(16)8-4-6-9(7-5-8)15(18)19/h4-7,10H,1-3H3. The second-order valence-electron chi connectivity index (χ2n) is 5.15. The normalized spacial score (nSPS) is 12.8. The molecule has 0 radical (unpaired) electrons. The number of carbonyl (C=O) groups is 2. The Morgan fingerprint density at radius 1 is 1.21 bits per heavy atom. The number of halogens is 1. The number of nitrogens with zero attached hydrogens (tertiary/aromatic N) is 1. The van der Waals surface area contributed by atoms with Gasteiger partial charge in [-0.1, -0.05) is 20.8 Å². The predicted molar refractivity (Wildman–Crippen MR) is 66.8 cm³/mol. The Balaban J connectivity index is 2.95. The molecule has 5 nitrogen and oxygen atoms in total. The summed E-state index contributed by atoms with van der Waals surface area (Å²) in [7, 11) is 0. The molecular formula is C13H14FNO4. The predicted octanol–water partition coefficient (Wildman–Crippen LogP) is 2.73. The van der Waals surface area contributed by atoms with Crippen molar-refractivity contribution < 1.29 is 18.9 Å². The van der Waals surface area contributed by atoms with E-state index in [9.17, 15) is 24.1 Å². The molecule has 0 bridgehead atoms. The average molecular weight is 267 g/mol. The maximum absolute atomic E-state index is 13.8. The molecule has 0 aliphatic carbocycles. The van der Waals surface area contributed by atoms with E-state index in [1.54, 1.807) is 0 Å². The Bertz CT molecular complexity index is 516. The zero-order chi connectivity index (χ0) is 14.8. The number of nitro benzene ring substituents is 1. The fourth-order valence-corrected chi connectivity index (χ4v) is 1.39. The third-order valence-corrected chi connectivity index (χ3v) is 2.56. The Kier molecular flexibility index (Phi) is 4.14. The van der Waals surface area contributed by atoms with Gasteiger partial charge in [-0.3, -0.25) is 19.7 Å². The minimum Gasteiger partial charge on any atom is -0.295 e. The molecule has 0 fully saturated rings. The number of Topliss-reactive ketones (excluding diaryl/α,β-unsaturated/α-hetero) is 2. The Labute approximate surface area is 109 Å². The van der Waals surface area contributed by atoms with Crippen molar-refractivity contribution in [3.05, 3.63) is 39.9 Å². The van der Waals surface area contributed by atoms with E-state index in [0.29, 0.717) is 0 Å². The van der Waals surface area contributed by atoms with Crippen molar-refractivity contribution in [3.8, 4) is 0 Å². The van der Waals surface area contributed by atoms with Crippen LogP contribution in [0.2, 0.25) is 0 Å². The first-order valence-corrected chi connectivity index (χ1v) is 5.61. The van der Waals surface area contributed by atoms with E-state index in [1.165, 1.54) is 20.8 Å². The number of nitro groups is 1. The molecule has 1 unspecified atom stereocenters. The number of hydrogen-bond acceptors (Lipinski definition) is 4. The molecule has 0 amide bonds. The topological polar surface area (TPSA) is 77.3 Å². The number of hydrogen-bond donors (Lipinski definition) is 0. The van der Waals surface area contributed by atoms with Gasteiger partial charge in [-0.05, 0) is 12.1 Å². The second kappa shape index (κ2) is 5.26. The SMILES string of the molecule is CC(C)(C)C(=O)C(F)C(=O)c1ccc([N+](=O)[O-])cc1. The van der Waals surface area contributed by atoms with E-state index >= 15 is 0 Å². The summed E-state index contributed by atoms with van der Waals surface area (Å²) in [6.45, 7) is 4.56. The first-order valence-electron chi connectivity index (χ1n) is 5.61. The van der Waals surface area contributed by atoms with Gasteiger partial charge in [0.15, 0.2) is 5.78 Å². The molecule has 1 aromatic carbocycles. The average Bonchev–Trinajstić information content (AvgIpc) is 2.35. The van der Waals surface area contributed by atoms with Gasteiger partial charge < -0.3 is 0 Å². The van der Waals surface area contributed by atoms with Crippen molar-refractivity contribution in [1.82, 2.24) is 0 Å². The molecule has 0 heterocycles. The number of carbonyl (C=O) groups excluding carboxylic acids is 2. The molecule has 1 aromatic rings. The molecule has 0 saturated heterocycles. The van der Waals surface area contributed by atoms with Crippen molar-refractivity contribution in [3.63, 3.8) is 0 Å². The van der Waals surface area contributed by atoms with Crippen LogP contribution in [0.3, 0.4) is 0 Å². The highest BCUT2D eigenvalue weighted by atomic mass is 19.1. The highest BCUT2D eigenvalue weighted by Crippen LogP contribution is 2.21. The minimum atomic E-state index is -2.25. The Morgan fingerprint density at radius 2 is 1.68 bits per heavy atom. The summed E-state index contributed by atoms with van der Waals surface area (Å²) in [6.07, 6.45) is -2.25. The van der Waals surface area contributed by atoms with Crippen LogP contribution in [0.15, 0.2) is 24.3 Å². The highest BCUT2D eigenvalue weighted by molar-refractivity contribution is 6.14. The molecule has 0 aliphatic heterocycles. The maximum Gasteiger partial charge on any atom is 0.269 e. The highest BCUT2D eigenvalue weighted by Gasteiger charge is 2.35. The molecular weight excluding hydrogens is 253 g/mol. The van der Waals surface area contributed by atoms with Crippen molar-refractivity contribution in [2.45, 2.75) is 26.9 Å². The minimum absolute atomic E-state index is 0.0595. The molecule has 6 heteroatoms. The summed E-state index contributed by atoms with van der Waals surface area (Å²) in [4.78, 5) is 33.2. The molecule has 102 valence electrons. The molecule has 0 aromatic heterocycles. The van der Waals surface area contributed by atoms with Crippen molar-refractivity contribution in [2.24, 2.45) is 5.41 Å². The van der Waals surface area contributed by atoms with Crippen LogP contribution in [0.1, 0.15) is 31.1 Å². The summed E-state index contributed by atoms with van der Waals surface area (Å²) in [6, 6.07) is 4.48. The first-order chi connectivity index (χ1) is 8.64. The van der Waals surface area contributed by atoms with Crippen molar-refractivity contribution >= 4 is 17.3 Å². The number of ketones is 2. The summed E-state index contributed by atoms with van der Waals surface area (Å²) < 4.78 is 13.8. The van der Waals surface area contributed by atoms with Crippen LogP contribution in [0.5, 0.6) is 0 Å². The third kappa shape index (κ3) is 3.43. The van der Waals surface area contributed by atoms with E-state index in [0.717, 1.165) is 24.3 Å². The number of benzene rings is 1. The van der Waals surface area contributed by atoms with E-state index in [1.807, 2.05) is 0 Å². The van der Waals surface area contributed by atoms with Crippen LogP contribution in [0.25, 0.3) is 0 Å². The van der Waals surface area contributed by atoms with E-state index in [2.05, 4.69) is 0 Å². The molecule has 1 atom stereocenters. The summed E-state index contributed by atoms with van der Waals surface area (Å²) in [5.41, 5.74) is -1.22. The summed E-state index contributed by atoms with van der Waals surface area (Å²) in [5.74, 6) is -1.79. The fourth-order valence-electron chi connectivity index (χ4n) is 1.39. The van der Waals surface area contributed by atoms with Gasteiger partial charge in [-0.2, -0.15) is 0 Å². The smallest absolute Gasteiger partial charge is 0.269 e. The zero-order valence-corrected chi connectivity index (χ0v) is 10.8. The maximum atomic E-state index is 13.8. The van der Waals surface area contributed by atoms with Gasteiger partial charge >= 0.3 is 0 Å². The first kappa shape index (κ1) is 14.9. The number of alkyl halides is 1. The summed E-state index contributed by atoms with van der Waals surface area (Å²) >= 11 is 0.